The molecule has 1 amide bonds. The fourth-order valence-electron chi connectivity index (χ4n) is 3.32. The van der Waals surface area contributed by atoms with E-state index < -0.39 is 0 Å². The summed E-state index contributed by atoms with van der Waals surface area (Å²) in [7, 11) is 0. The number of nitrogens with one attached hydrogen (secondary N) is 1. The van der Waals surface area contributed by atoms with Crippen molar-refractivity contribution in [2.45, 2.75) is 66.0 Å². The summed E-state index contributed by atoms with van der Waals surface area (Å²) in [6.45, 7) is 7.56. The largest absolute Gasteiger partial charge is 0.352 e. The molecule has 0 atom stereocenters. The van der Waals surface area contributed by atoms with Gasteiger partial charge in [0, 0.05) is 17.3 Å². The smallest absolute Gasteiger partial charge is 0.258 e. The number of nitrogens with zero attached hydrogens (tertiary/aromatic N) is 4. The van der Waals surface area contributed by atoms with E-state index in [1.807, 2.05) is 33.8 Å². The fourth-order valence-corrected chi connectivity index (χ4v) is 3.32. The van der Waals surface area contributed by atoms with Crippen molar-refractivity contribution in [2.75, 3.05) is 0 Å². The van der Waals surface area contributed by atoms with Gasteiger partial charge in [0.05, 0.1) is 11.4 Å². The molecule has 1 aliphatic carbocycles. The number of carbonyl (C=O) groups is 1. The zero-order chi connectivity index (χ0) is 18.1. The van der Waals surface area contributed by atoms with Gasteiger partial charge in [0.15, 0.2) is 0 Å². The maximum atomic E-state index is 13.0. The fraction of sp³-hybridized carbons (Fsp3) is 0.556. The Balaban J connectivity index is 2.14. The van der Waals surface area contributed by atoms with Crippen molar-refractivity contribution in [1.29, 1.82) is 0 Å². The third-order valence-electron chi connectivity index (χ3n) is 4.37. The lowest BCUT2D eigenvalue weighted by atomic mass is 9.97. The summed E-state index contributed by atoms with van der Waals surface area (Å²) < 4.78 is 3.12. The van der Waals surface area contributed by atoms with Gasteiger partial charge < -0.3 is 5.32 Å². The maximum Gasteiger partial charge on any atom is 0.258 e. The van der Waals surface area contributed by atoms with E-state index in [0.717, 1.165) is 48.3 Å². The standard InChI is InChI=1S/C18H25N5O2/c1-11(2)19-16(24)10-22-17(25)14-7-5-6-8-15(14)20-18(22)23-13(4)9-12(3)21-23/h9,11H,5-8,10H2,1-4H3,(H,19,24). The summed E-state index contributed by atoms with van der Waals surface area (Å²) in [6, 6.07) is 1.95. The Kier molecular flexibility index (Phi) is 4.74. The summed E-state index contributed by atoms with van der Waals surface area (Å²) in [5.74, 6) is 0.229. The Morgan fingerprint density at radius 1 is 1.28 bits per heavy atom. The molecule has 134 valence electrons. The zero-order valence-corrected chi connectivity index (χ0v) is 15.3. The van der Waals surface area contributed by atoms with Crippen LogP contribution in [-0.4, -0.2) is 31.3 Å². The van der Waals surface area contributed by atoms with Crippen molar-refractivity contribution in [3.05, 3.63) is 39.1 Å². The van der Waals surface area contributed by atoms with Crippen molar-refractivity contribution < 1.29 is 4.79 Å². The first-order chi connectivity index (χ1) is 11.9. The van der Waals surface area contributed by atoms with Gasteiger partial charge in [0.2, 0.25) is 11.9 Å². The number of aromatic nitrogens is 4. The second-order valence-corrected chi connectivity index (χ2v) is 7.00. The van der Waals surface area contributed by atoms with Gasteiger partial charge in [-0.25, -0.2) is 9.67 Å². The number of rotatable bonds is 4. The minimum atomic E-state index is -0.197. The summed E-state index contributed by atoms with van der Waals surface area (Å²) in [5.41, 5.74) is 3.21. The van der Waals surface area contributed by atoms with E-state index in [2.05, 4.69) is 10.4 Å². The Hall–Kier alpha value is -2.44. The summed E-state index contributed by atoms with van der Waals surface area (Å²) >= 11 is 0. The van der Waals surface area contributed by atoms with Crippen molar-refractivity contribution in [1.82, 2.24) is 24.6 Å². The molecule has 0 saturated heterocycles. The average molecular weight is 343 g/mol. The third-order valence-corrected chi connectivity index (χ3v) is 4.37. The molecule has 1 N–H and O–H groups in total. The minimum absolute atomic E-state index is 0.0194. The van der Waals surface area contributed by atoms with Crippen LogP contribution in [0.1, 0.15) is 49.3 Å². The molecule has 0 fully saturated rings. The zero-order valence-electron chi connectivity index (χ0n) is 15.3. The number of aryl methyl sites for hydroxylation is 3. The van der Waals surface area contributed by atoms with Gasteiger partial charge in [-0.05, 0) is 59.4 Å². The van der Waals surface area contributed by atoms with E-state index in [-0.39, 0.29) is 24.1 Å². The topological polar surface area (TPSA) is 81.8 Å². The number of hydrogen-bond acceptors (Lipinski definition) is 4. The molecule has 0 radical (unpaired) electrons. The molecular formula is C18H25N5O2. The van der Waals surface area contributed by atoms with Crippen LogP contribution < -0.4 is 10.9 Å². The van der Waals surface area contributed by atoms with Crippen molar-refractivity contribution in [3.8, 4) is 5.95 Å². The predicted octanol–water partition coefficient (Wildman–Crippen LogP) is 1.45. The second kappa shape index (κ2) is 6.82. The molecule has 0 aromatic carbocycles. The molecule has 3 rings (SSSR count). The van der Waals surface area contributed by atoms with Crippen LogP contribution in [0, 0.1) is 13.8 Å². The molecule has 2 aromatic heterocycles. The first-order valence-electron chi connectivity index (χ1n) is 8.82. The molecule has 1 aliphatic rings. The highest BCUT2D eigenvalue weighted by Crippen LogP contribution is 2.18. The Morgan fingerprint density at radius 3 is 2.64 bits per heavy atom. The van der Waals surface area contributed by atoms with E-state index in [9.17, 15) is 9.59 Å². The molecule has 0 aliphatic heterocycles. The first kappa shape index (κ1) is 17.4. The molecule has 7 nitrogen and oxygen atoms in total. The first-order valence-corrected chi connectivity index (χ1v) is 8.82. The lowest BCUT2D eigenvalue weighted by Crippen LogP contribution is -2.39. The summed E-state index contributed by atoms with van der Waals surface area (Å²) in [6.07, 6.45) is 3.55. The van der Waals surface area contributed by atoms with Gasteiger partial charge >= 0.3 is 0 Å². The van der Waals surface area contributed by atoms with Crippen LogP contribution in [0.4, 0.5) is 0 Å². The lowest BCUT2D eigenvalue weighted by molar-refractivity contribution is -0.122. The highest BCUT2D eigenvalue weighted by Gasteiger charge is 2.22. The Bertz CT molecular complexity index is 863. The van der Waals surface area contributed by atoms with Crippen molar-refractivity contribution in [2.24, 2.45) is 0 Å². The monoisotopic (exact) mass is 343 g/mol. The molecule has 25 heavy (non-hydrogen) atoms. The van der Waals surface area contributed by atoms with E-state index >= 15 is 0 Å². The quantitative estimate of drug-likeness (QED) is 0.911. The number of hydrogen-bond donors (Lipinski definition) is 1. The molecular weight excluding hydrogens is 318 g/mol. The van der Waals surface area contributed by atoms with Gasteiger partial charge in [-0.15, -0.1) is 0 Å². The lowest BCUT2D eigenvalue weighted by Gasteiger charge is -2.20. The van der Waals surface area contributed by atoms with Crippen LogP contribution >= 0.6 is 0 Å². The van der Waals surface area contributed by atoms with Crippen molar-refractivity contribution >= 4 is 5.91 Å². The summed E-state index contributed by atoms with van der Waals surface area (Å²) in [5, 5.41) is 7.30. The summed E-state index contributed by atoms with van der Waals surface area (Å²) in [4.78, 5) is 30.1. The van der Waals surface area contributed by atoms with E-state index in [1.165, 1.54) is 4.57 Å². The van der Waals surface area contributed by atoms with Gasteiger partial charge in [-0.2, -0.15) is 5.10 Å². The number of amides is 1. The Morgan fingerprint density at radius 2 is 2.00 bits per heavy atom. The predicted molar refractivity (Wildman–Crippen MR) is 95.0 cm³/mol. The molecule has 2 aromatic rings. The van der Waals surface area contributed by atoms with Crippen LogP contribution in [0.2, 0.25) is 0 Å². The molecule has 0 bridgehead atoms. The van der Waals surface area contributed by atoms with Crippen LogP contribution in [0.25, 0.3) is 5.95 Å². The molecule has 7 heteroatoms. The normalized spacial score (nSPS) is 13.8. The van der Waals surface area contributed by atoms with Gasteiger partial charge in [0.1, 0.15) is 6.54 Å². The SMILES string of the molecule is Cc1cc(C)n(-c2nc3c(c(=O)n2CC(=O)NC(C)C)CCCC3)n1. The molecule has 2 heterocycles. The molecule has 0 unspecified atom stereocenters. The van der Waals surface area contributed by atoms with E-state index in [4.69, 9.17) is 4.98 Å². The van der Waals surface area contributed by atoms with Crippen LogP contribution in [0.5, 0.6) is 0 Å². The van der Waals surface area contributed by atoms with Crippen LogP contribution in [-0.2, 0) is 24.2 Å². The van der Waals surface area contributed by atoms with Crippen LogP contribution in [0.15, 0.2) is 10.9 Å². The van der Waals surface area contributed by atoms with Crippen molar-refractivity contribution in [3.63, 3.8) is 0 Å². The molecule has 0 spiro atoms. The third kappa shape index (κ3) is 3.50. The van der Waals surface area contributed by atoms with Crippen LogP contribution in [0.3, 0.4) is 0 Å². The average Bonchev–Trinajstić information content (AvgIpc) is 2.87. The highest BCUT2D eigenvalue weighted by molar-refractivity contribution is 5.76. The number of carbonyl (C=O) groups excluding carboxylic acids is 1. The van der Waals surface area contributed by atoms with E-state index in [0.29, 0.717) is 5.95 Å². The van der Waals surface area contributed by atoms with Gasteiger partial charge in [-0.1, -0.05) is 0 Å². The second-order valence-electron chi connectivity index (χ2n) is 7.00. The maximum absolute atomic E-state index is 13.0. The minimum Gasteiger partial charge on any atom is -0.352 e. The van der Waals surface area contributed by atoms with E-state index in [1.54, 1.807) is 4.68 Å². The van der Waals surface area contributed by atoms with Gasteiger partial charge in [-0.3, -0.25) is 14.2 Å². The van der Waals surface area contributed by atoms with Gasteiger partial charge in [0.25, 0.3) is 5.56 Å². The number of fused-ring (bicyclic) bond motifs is 1. The highest BCUT2D eigenvalue weighted by atomic mass is 16.2. The molecule has 0 saturated carbocycles. The Labute approximate surface area is 147 Å².